The van der Waals surface area contributed by atoms with Gasteiger partial charge in [-0.25, -0.2) is 4.99 Å². The van der Waals surface area contributed by atoms with Gasteiger partial charge in [0.15, 0.2) is 13.2 Å². The number of hydrogen-bond acceptors (Lipinski definition) is 4. The second-order valence-corrected chi connectivity index (χ2v) is 13.8. The van der Waals surface area contributed by atoms with Gasteiger partial charge in [-0.15, -0.1) is 0 Å². The molecule has 1 atom stereocenters. The van der Waals surface area contributed by atoms with Crippen LogP contribution in [0, 0.1) is 14.1 Å². The molecule has 50 heavy (non-hydrogen) atoms. The first-order valence-electron chi connectivity index (χ1n) is 15.3. The number of alkyl halides is 3. The standard InChI is InChI=1S/C35H43F3INO3.6FH.Sb/c1-3-4-5-6-7-8-9-10-11-12-16-33(43-34(41)40-31-15-13-14-28(25-31)35(36,37)38)26-42-32-23-21-30(22-24-32)39-29-19-17-27(2)18-20-29;;;;;;;/h13-15,17-25,33H,3-12,16,26H2,1-2H3;6*1H;/q;;;;;;;+5/p-5. The smallest absolute Gasteiger partial charge is 1.00 e. The molecule has 3 aromatic rings. The molecule has 0 saturated carbocycles. The van der Waals surface area contributed by atoms with Crippen molar-refractivity contribution >= 4 is 36.2 Å². The van der Waals surface area contributed by atoms with Gasteiger partial charge in [-0.05, 0) is 67.9 Å². The molecule has 3 aromatic carbocycles. The van der Waals surface area contributed by atoms with Gasteiger partial charge >= 0.3 is 51.8 Å². The third-order valence-corrected chi connectivity index (χ3v) is 9.70. The maximum absolute atomic E-state index is 13.1. The number of aryl methyl sites for hydroxylation is 1. The van der Waals surface area contributed by atoms with E-state index in [4.69, 9.17) is 9.47 Å². The quantitative estimate of drug-likeness (QED) is 0.0319. The summed E-state index contributed by atoms with van der Waals surface area (Å²) in [4.78, 5) is 3.77. The molecule has 282 valence electrons. The summed E-state index contributed by atoms with van der Waals surface area (Å²) in [5, 5.41) is 12.6. The van der Waals surface area contributed by atoms with E-state index >= 15 is 0 Å². The first-order valence-corrected chi connectivity index (χ1v) is 17.4. The molecule has 15 heteroatoms. The second kappa shape index (κ2) is 31.4. The van der Waals surface area contributed by atoms with Crippen molar-refractivity contribution in [2.24, 2.45) is 4.99 Å². The van der Waals surface area contributed by atoms with E-state index in [1.54, 1.807) is 0 Å². The molecular formula is C35H44F9INO3Sb. The van der Waals surface area contributed by atoms with Crippen LogP contribution < -0.4 is 54.6 Å². The van der Waals surface area contributed by atoms with E-state index < -0.39 is 23.9 Å². The van der Waals surface area contributed by atoms with Crippen LogP contribution in [0.2, 0.25) is 0 Å². The van der Waals surface area contributed by atoms with Crippen molar-refractivity contribution in [2.75, 3.05) is 6.61 Å². The summed E-state index contributed by atoms with van der Waals surface area (Å²) in [6.07, 6.45) is 6.48. The van der Waals surface area contributed by atoms with Crippen molar-refractivity contribution in [3.63, 3.8) is 0 Å². The molecule has 3 rings (SSSR count). The van der Waals surface area contributed by atoms with Crippen molar-refractivity contribution in [3.05, 3.63) is 91.1 Å². The van der Waals surface area contributed by atoms with Crippen LogP contribution in [0.3, 0.4) is 0 Å². The van der Waals surface area contributed by atoms with Gasteiger partial charge in [-0.2, -0.15) is 13.2 Å². The van der Waals surface area contributed by atoms with Crippen LogP contribution in [0.1, 0.15) is 88.7 Å². The summed E-state index contributed by atoms with van der Waals surface area (Å²) in [5.41, 5.74) is 0.290. The Morgan fingerprint density at radius 2 is 1.26 bits per heavy atom. The summed E-state index contributed by atoms with van der Waals surface area (Å²) < 4.78 is 53.4. The molecule has 0 bridgehead atoms. The first kappa shape index (κ1) is 57.0. The molecule has 0 spiro atoms. The van der Waals surface area contributed by atoms with E-state index in [1.165, 1.54) is 69.8 Å². The molecule has 0 radical (unpaired) electrons. The Morgan fingerprint density at radius 1 is 0.760 bits per heavy atom. The van der Waals surface area contributed by atoms with Crippen LogP contribution in [0.4, 0.5) is 23.6 Å². The number of halogens is 10. The van der Waals surface area contributed by atoms with Gasteiger partial charge in [0.2, 0.25) is 0 Å². The molecule has 0 aromatic heterocycles. The Kier molecular flexibility index (Phi) is 35.8. The molecule has 0 fully saturated rings. The minimum atomic E-state index is -4.51. The molecule has 0 N–H and O–H groups in total. The Labute approximate surface area is 316 Å². The van der Waals surface area contributed by atoms with Crippen LogP contribution in [-0.2, 0) is 10.9 Å². The monoisotopic (exact) mass is 945 g/mol. The van der Waals surface area contributed by atoms with Crippen molar-refractivity contribution < 1.29 is 77.2 Å². The van der Waals surface area contributed by atoms with E-state index in [0.29, 0.717) is 12.2 Å². The molecule has 0 amide bonds. The molecule has 0 aliphatic heterocycles. The van der Waals surface area contributed by atoms with Gasteiger partial charge in [-0.1, -0.05) is 94.9 Å². The van der Waals surface area contributed by atoms with Gasteiger partial charge in [0.05, 0.1) is 11.3 Å². The van der Waals surface area contributed by atoms with Crippen LogP contribution in [0.5, 0.6) is 5.75 Å². The predicted molar refractivity (Wildman–Crippen MR) is 169 cm³/mol. The Morgan fingerprint density at radius 3 is 1.78 bits per heavy atom. The van der Waals surface area contributed by atoms with Gasteiger partial charge in [-0.3, -0.25) is 4.70 Å². The fourth-order valence-electron chi connectivity index (χ4n) is 4.57. The summed E-state index contributed by atoms with van der Waals surface area (Å²) in [6.45, 7) is 4.45. The molecule has 0 aliphatic carbocycles. The molecule has 4 nitrogen and oxygen atoms in total. The zero-order valence-electron chi connectivity index (χ0n) is 27.9. The largest absolute Gasteiger partial charge is 5.00 e. The van der Waals surface area contributed by atoms with E-state index in [-0.39, 0.29) is 86.2 Å². The molecule has 0 heterocycles. The number of benzene rings is 3. The zero-order chi connectivity index (χ0) is 30.9. The normalized spacial score (nSPS) is 10.9. The fraction of sp³-hybridized carbons (Fsp3) is 0.457. The third-order valence-electron chi connectivity index (χ3n) is 7.02. The van der Waals surface area contributed by atoms with E-state index in [1.807, 2.05) is 12.1 Å². The number of rotatable bonds is 18. The number of aliphatic imine (C=N–C) groups is 1. The van der Waals surface area contributed by atoms with E-state index in [9.17, 15) is 18.3 Å². The van der Waals surface area contributed by atoms with E-state index in [2.05, 4.69) is 55.2 Å². The summed E-state index contributed by atoms with van der Waals surface area (Å²) in [5.74, 6) is 0.676. The van der Waals surface area contributed by atoms with Crippen molar-refractivity contribution in [1.82, 2.24) is 0 Å². The van der Waals surface area contributed by atoms with Gasteiger partial charge < -0.3 is 38.1 Å². The minimum Gasteiger partial charge on any atom is -1.00 e. The summed E-state index contributed by atoms with van der Waals surface area (Å²) in [6, 6.07) is 20.9. The first-order chi connectivity index (χ1) is 20.7. The number of ether oxygens (including phenoxy) is 2. The van der Waals surface area contributed by atoms with Crippen molar-refractivity contribution in [1.29, 1.82) is 0 Å². The Bertz CT molecular complexity index is 1260. The average Bonchev–Trinajstić information content (AvgIpc) is 2.98. The van der Waals surface area contributed by atoms with Gasteiger partial charge in [0.25, 0.3) is 0 Å². The zero-order valence-corrected chi connectivity index (χ0v) is 32.6. The van der Waals surface area contributed by atoms with Gasteiger partial charge in [0, 0.05) is 6.10 Å². The summed E-state index contributed by atoms with van der Waals surface area (Å²) in [7, 11) is 0. The Balaban J connectivity index is -0.000000964. The maximum atomic E-state index is 13.1. The predicted octanol–water partition coefficient (Wildman–Crippen LogP) is -8.94. The topological polar surface area (TPSA) is 53.9 Å². The van der Waals surface area contributed by atoms with Crippen LogP contribution in [0.15, 0.2) is 77.8 Å². The minimum absolute atomic E-state index is 0. The molecular weight excluding hydrogens is 902 g/mol. The van der Waals surface area contributed by atoms with Crippen molar-refractivity contribution in [3.8, 4) is 5.75 Å². The molecule has 1 unspecified atom stereocenters. The van der Waals surface area contributed by atoms with E-state index in [0.717, 1.165) is 31.4 Å². The molecule has 0 aliphatic rings. The second-order valence-electron chi connectivity index (χ2n) is 10.8. The van der Waals surface area contributed by atoms with Crippen LogP contribution >= 0.6 is 0 Å². The van der Waals surface area contributed by atoms with Crippen LogP contribution in [-0.4, -0.2) is 43.2 Å². The van der Waals surface area contributed by atoms with Gasteiger partial charge in [0.1, 0.15) is 12.4 Å². The number of nitrogens with zero attached hydrogens (tertiary/aromatic N) is 1. The SMILES string of the molecule is CCCCCCCCCCCCC(COc1ccc([I+]c2ccc(C)cc2)cc1)OC([O-])=Nc1cccc(C(F)(F)F)c1.F.[F-].[F-].[F-].[F-].[F-].[Sb+5]. The summed E-state index contributed by atoms with van der Waals surface area (Å²) >= 11 is -0.294. The third kappa shape index (κ3) is 23.2. The molecule has 0 saturated heterocycles. The average molecular weight is 946 g/mol. The van der Waals surface area contributed by atoms with Crippen LogP contribution in [0.25, 0.3) is 0 Å². The maximum Gasteiger partial charge on any atom is 5.00 e. The van der Waals surface area contributed by atoms with Crippen molar-refractivity contribution in [2.45, 2.75) is 96.8 Å². The Hall–Kier alpha value is -2.35. The fourth-order valence-corrected chi connectivity index (χ4v) is 6.72. The number of hydrogen-bond donors (Lipinski definition) is 0. The number of unbranched alkanes of at least 4 members (excludes halogenated alkanes) is 9.